The summed E-state index contributed by atoms with van der Waals surface area (Å²) in [4.78, 5) is 11.6. The van der Waals surface area contributed by atoms with Crippen LogP contribution >= 0.6 is 0 Å². The Morgan fingerprint density at radius 1 is 1.03 bits per heavy atom. The number of aromatic hydroxyl groups is 1. The first-order valence-electron chi connectivity index (χ1n) is 10.9. The first-order chi connectivity index (χ1) is 16.9. The number of hydrogen-bond acceptors (Lipinski definition) is 3. The van der Waals surface area contributed by atoms with Gasteiger partial charge in [0.1, 0.15) is 17.4 Å². The molecule has 4 rings (SSSR count). The van der Waals surface area contributed by atoms with Crippen LogP contribution in [0, 0.1) is 30.2 Å². The Hall–Kier alpha value is -3.85. The highest BCUT2D eigenvalue weighted by Gasteiger charge is 2.34. The van der Waals surface area contributed by atoms with Crippen molar-refractivity contribution in [2.75, 3.05) is 13.7 Å². The van der Waals surface area contributed by atoms with Gasteiger partial charge in [-0.05, 0) is 54.4 Å². The molecule has 4 aromatic rings. The zero-order chi connectivity index (χ0) is 26.5. The Morgan fingerprint density at radius 3 is 2.33 bits per heavy atom. The van der Waals surface area contributed by atoms with Crippen LogP contribution in [0.5, 0.6) is 5.75 Å². The molecular weight excluding hydrogens is 478 g/mol. The van der Waals surface area contributed by atoms with E-state index in [0.29, 0.717) is 16.9 Å². The van der Waals surface area contributed by atoms with Crippen molar-refractivity contribution in [3.63, 3.8) is 0 Å². The lowest BCUT2D eigenvalue weighted by molar-refractivity contribution is 0.0690. The van der Waals surface area contributed by atoms with Crippen LogP contribution in [-0.4, -0.2) is 34.5 Å². The van der Waals surface area contributed by atoms with E-state index in [1.54, 1.807) is 25.3 Å². The van der Waals surface area contributed by atoms with Crippen LogP contribution in [0.25, 0.3) is 27.7 Å². The second-order valence-corrected chi connectivity index (χ2v) is 9.25. The van der Waals surface area contributed by atoms with Gasteiger partial charge in [0.15, 0.2) is 11.6 Å². The van der Waals surface area contributed by atoms with E-state index >= 15 is 0 Å². The molecule has 3 aromatic carbocycles. The number of nitrogens with zero attached hydrogens (tertiary/aromatic N) is 1. The smallest absolute Gasteiger partial charge is 0.338 e. The fourth-order valence-corrected chi connectivity index (χ4v) is 4.64. The number of carboxylic acid groups (broad SMARTS) is 1. The van der Waals surface area contributed by atoms with Crippen molar-refractivity contribution in [3.8, 4) is 22.6 Å². The third-order valence-electron chi connectivity index (χ3n) is 6.11. The molecule has 0 spiro atoms. The highest BCUT2D eigenvalue weighted by Crippen LogP contribution is 2.47. The number of phenolic OH excluding ortho intramolecular Hbond substituents is 1. The number of hydrogen-bond donors (Lipinski definition) is 2. The molecule has 0 unspecified atom stereocenters. The van der Waals surface area contributed by atoms with Crippen LogP contribution in [0.3, 0.4) is 0 Å². The minimum Gasteiger partial charge on any atom is -0.507 e. The Bertz CT molecular complexity index is 1520. The predicted molar refractivity (Wildman–Crippen MR) is 127 cm³/mol. The van der Waals surface area contributed by atoms with Crippen LogP contribution in [0.4, 0.5) is 17.6 Å². The number of ether oxygens (including phenoxy) is 1. The number of benzene rings is 3. The molecule has 188 valence electrons. The largest absolute Gasteiger partial charge is 0.507 e. The van der Waals surface area contributed by atoms with E-state index in [4.69, 9.17) is 4.74 Å². The number of aromatic nitrogens is 1. The number of carboxylic acids is 1. The number of fused-ring (bicyclic) bond motifs is 1. The first kappa shape index (κ1) is 25.2. The van der Waals surface area contributed by atoms with Crippen LogP contribution in [0.2, 0.25) is 0 Å². The maximum Gasteiger partial charge on any atom is 0.338 e. The van der Waals surface area contributed by atoms with Gasteiger partial charge in [0.05, 0.1) is 23.1 Å². The van der Waals surface area contributed by atoms with Gasteiger partial charge in [-0.25, -0.2) is 22.4 Å². The molecule has 0 radical (unpaired) electrons. The molecule has 0 aliphatic heterocycles. The lowest BCUT2D eigenvalue weighted by Gasteiger charge is -2.28. The van der Waals surface area contributed by atoms with Crippen molar-refractivity contribution in [2.24, 2.45) is 0 Å². The maximum atomic E-state index is 14.6. The Kier molecular flexibility index (Phi) is 6.30. The minimum atomic E-state index is -1.68. The Labute approximate surface area is 204 Å². The number of carbonyl (C=O) groups is 1. The highest BCUT2D eigenvalue weighted by atomic mass is 19.2. The third kappa shape index (κ3) is 4.09. The van der Waals surface area contributed by atoms with Gasteiger partial charge in [-0.2, -0.15) is 0 Å². The average molecular weight is 501 g/mol. The first-order valence-corrected chi connectivity index (χ1v) is 10.9. The molecule has 2 N–H and O–H groups in total. The van der Waals surface area contributed by atoms with Gasteiger partial charge in [-0.3, -0.25) is 0 Å². The summed E-state index contributed by atoms with van der Waals surface area (Å²) in [7, 11) is 1.47. The fraction of sp³-hybridized carbons (Fsp3) is 0.222. The van der Waals surface area contributed by atoms with Gasteiger partial charge in [-0.1, -0.05) is 13.8 Å². The molecule has 0 aliphatic carbocycles. The average Bonchev–Trinajstić information content (AvgIpc) is 3.13. The van der Waals surface area contributed by atoms with Crippen molar-refractivity contribution in [2.45, 2.75) is 26.2 Å². The van der Waals surface area contributed by atoms with E-state index in [1.165, 1.54) is 25.3 Å². The summed E-state index contributed by atoms with van der Waals surface area (Å²) in [5.41, 5.74) is -0.433. The van der Waals surface area contributed by atoms with Crippen molar-refractivity contribution in [1.82, 2.24) is 4.57 Å². The fourth-order valence-electron chi connectivity index (χ4n) is 4.64. The summed E-state index contributed by atoms with van der Waals surface area (Å²) in [6.07, 6.45) is 0. The number of rotatable bonds is 6. The standard InChI is InChI=1S/C27H23F4NO4/c1-13-7-16(5-6-18(13)29)32-20-10-15(28)11-21(33)23(20)22(25(32)27(2,3)12-36-4)14-8-17(26(34)35)24(31)19(30)9-14/h5-11,33H,12H2,1-4H3,(H,34,35). The van der Waals surface area contributed by atoms with Crippen molar-refractivity contribution in [3.05, 3.63) is 82.6 Å². The molecular formula is C27H23F4NO4. The van der Waals surface area contributed by atoms with Gasteiger partial charge in [0.2, 0.25) is 0 Å². The van der Waals surface area contributed by atoms with Gasteiger partial charge < -0.3 is 19.5 Å². The molecule has 5 nitrogen and oxygen atoms in total. The summed E-state index contributed by atoms with van der Waals surface area (Å²) < 4.78 is 64.6. The zero-order valence-electron chi connectivity index (χ0n) is 19.9. The molecule has 1 aromatic heterocycles. The third-order valence-corrected chi connectivity index (χ3v) is 6.11. The maximum absolute atomic E-state index is 14.6. The number of halogens is 4. The van der Waals surface area contributed by atoms with Gasteiger partial charge in [-0.15, -0.1) is 0 Å². The zero-order valence-corrected chi connectivity index (χ0v) is 19.9. The second-order valence-electron chi connectivity index (χ2n) is 9.25. The molecule has 0 bridgehead atoms. The second kappa shape index (κ2) is 8.98. The van der Waals surface area contributed by atoms with E-state index in [9.17, 15) is 32.6 Å². The van der Waals surface area contributed by atoms with E-state index < -0.39 is 46.0 Å². The molecule has 0 saturated carbocycles. The van der Waals surface area contributed by atoms with E-state index in [-0.39, 0.29) is 28.6 Å². The summed E-state index contributed by atoms with van der Waals surface area (Å²) >= 11 is 0. The Balaban J connectivity index is 2.27. The molecule has 36 heavy (non-hydrogen) atoms. The summed E-state index contributed by atoms with van der Waals surface area (Å²) in [6, 6.07) is 8.05. The Morgan fingerprint density at radius 2 is 1.72 bits per heavy atom. The number of aryl methyl sites for hydroxylation is 1. The van der Waals surface area contributed by atoms with Gasteiger partial charge in [0, 0.05) is 35.5 Å². The normalized spacial score (nSPS) is 11.9. The van der Waals surface area contributed by atoms with Crippen molar-refractivity contribution in [1.29, 1.82) is 0 Å². The molecule has 0 fully saturated rings. The molecule has 0 saturated heterocycles. The molecule has 0 aliphatic rings. The van der Waals surface area contributed by atoms with Gasteiger partial charge >= 0.3 is 5.97 Å². The summed E-state index contributed by atoms with van der Waals surface area (Å²) in [6.45, 7) is 5.23. The predicted octanol–water partition coefficient (Wildman–Crippen LogP) is 6.49. The minimum absolute atomic E-state index is 0.0463. The lowest BCUT2D eigenvalue weighted by atomic mass is 9.84. The lowest BCUT2D eigenvalue weighted by Crippen LogP contribution is -2.27. The molecule has 9 heteroatoms. The van der Waals surface area contributed by atoms with Gasteiger partial charge in [0.25, 0.3) is 0 Å². The van der Waals surface area contributed by atoms with Crippen LogP contribution < -0.4 is 0 Å². The molecule has 1 heterocycles. The van der Waals surface area contributed by atoms with Crippen LogP contribution in [0.1, 0.15) is 35.5 Å². The number of aromatic carboxylic acids is 1. The van der Waals surface area contributed by atoms with Crippen LogP contribution in [0.15, 0.2) is 42.5 Å². The topological polar surface area (TPSA) is 71.7 Å². The SMILES string of the molecule is COCC(C)(C)c1c(-c2cc(F)c(F)c(C(=O)O)c2)c2c(O)cc(F)cc2n1-c1ccc(F)c(C)c1. The van der Waals surface area contributed by atoms with Crippen molar-refractivity contribution < 1.29 is 37.3 Å². The van der Waals surface area contributed by atoms with E-state index in [2.05, 4.69) is 0 Å². The monoisotopic (exact) mass is 501 g/mol. The van der Waals surface area contributed by atoms with E-state index in [1.807, 2.05) is 0 Å². The summed E-state index contributed by atoms with van der Waals surface area (Å²) in [5.74, 6) is -6.34. The summed E-state index contributed by atoms with van der Waals surface area (Å²) in [5, 5.41) is 20.4. The quantitative estimate of drug-likeness (QED) is 0.296. The van der Waals surface area contributed by atoms with Crippen molar-refractivity contribution >= 4 is 16.9 Å². The molecule has 0 atom stereocenters. The number of phenols is 1. The van der Waals surface area contributed by atoms with Crippen LogP contribution in [-0.2, 0) is 10.2 Å². The number of methoxy groups -OCH3 is 1. The van der Waals surface area contributed by atoms with E-state index in [0.717, 1.165) is 24.3 Å². The highest BCUT2D eigenvalue weighted by molar-refractivity contribution is 6.04. The molecule has 0 amide bonds.